The zero-order chi connectivity index (χ0) is 13.5. The molecule has 2 N–H and O–H groups in total. The van der Waals surface area contributed by atoms with Gasteiger partial charge in [0.2, 0.25) is 0 Å². The molecule has 0 unspecified atom stereocenters. The van der Waals surface area contributed by atoms with Crippen LogP contribution in [0.5, 0.6) is 5.75 Å². The molecule has 2 aromatic rings. The van der Waals surface area contributed by atoms with E-state index < -0.39 is 0 Å². The van der Waals surface area contributed by atoms with Crippen molar-refractivity contribution in [3.63, 3.8) is 0 Å². The van der Waals surface area contributed by atoms with E-state index in [-0.39, 0.29) is 0 Å². The Morgan fingerprint density at radius 2 is 2.11 bits per heavy atom. The highest BCUT2D eigenvalue weighted by Crippen LogP contribution is 2.23. The second-order valence-corrected chi connectivity index (χ2v) is 5.17. The van der Waals surface area contributed by atoms with Gasteiger partial charge in [-0.3, -0.25) is 4.98 Å². The van der Waals surface area contributed by atoms with Crippen LogP contribution in [0.25, 0.3) is 0 Å². The molecule has 0 amide bonds. The maximum Gasteiger partial charge on any atom is 0.122 e. The molecule has 3 nitrogen and oxygen atoms in total. The topological polar surface area (TPSA) is 48.1 Å². The molecule has 0 radical (unpaired) electrons. The molecular formula is C15H17BrN2O. The number of ether oxygens (including phenoxy) is 1. The van der Waals surface area contributed by atoms with Gasteiger partial charge in [0.15, 0.2) is 0 Å². The van der Waals surface area contributed by atoms with Crippen LogP contribution in [0, 0.1) is 0 Å². The van der Waals surface area contributed by atoms with Gasteiger partial charge in [-0.05, 0) is 48.4 Å². The van der Waals surface area contributed by atoms with Gasteiger partial charge in [0, 0.05) is 23.3 Å². The van der Waals surface area contributed by atoms with E-state index in [0.29, 0.717) is 13.2 Å². The van der Waals surface area contributed by atoms with E-state index in [0.717, 1.165) is 28.6 Å². The summed E-state index contributed by atoms with van der Waals surface area (Å²) in [6.45, 7) is 1.26. The molecule has 1 aromatic carbocycles. The van der Waals surface area contributed by atoms with Crippen molar-refractivity contribution in [2.45, 2.75) is 12.8 Å². The van der Waals surface area contributed by atoms with E-state index in [9.17, 15) is 0 Å². The number of hydrogen-bond acceptors (Lipinski definition) is 3. The number of rotatable bonds is 6. The minimum atomic E-state index is 0.620. The van der Waals surface area contributed by atoms with Crippen molar-refractivity contribution in [1.29, 1.82) is 0 Å². The molecule has 0 saturated carbocycles. The van der Waals surface area contributed by atoms with E-state index in [4.69, 9.17) is 10.5 Å². The Hall–Kier alpha value is -1.39. The molecule has 0 saturated heterocycles. The summed E-state index contributed by atoms with van der Waals surface area (Å²) in [4.78, 5) is 4.09. The lowest BCUT2D eigenvalue weighted by molar-refractivity contribution is 0.318. The van der Waals surface area contributed by atoms with Crippen LogP contribution in [-0.2, 0) is 12.8 Å². The standard InChI is InChI=1S/C15H17BrN2O/c16-14-3-4-15(13(10-14)5-7-17)19-9-6-12-2-1-8-18-11-12/h1-4,8,10-11H,5-7,9,17H2. The van der Waals surface area contributed by atoms with Crippen LogP contribution >= 0.6 is 15.9 Å². The van der Waals surface area contributed by atoms with Crippen molar-refractivity contribution < 1.29 is 4.74 Å². The van der Waals surface area contributed by atoms with Gasteiger partial charge < -0.3 is 10.5 Å². The fourth-order valence-corrected chi connectivity index (χ4v) is 2.27. The maximum atomic E-state index is 5.84. The normalized spacial score (nSPS) is 10.4. The van der Waals surface area contributed by atoms with Crippen molar-refractivity contribution in [1.82, 2.24) is 4.98 Å². The van der Waals surface area contributed by atoms with Crippen LogP contribution in [0.3, 0.4) is 0 Å². The number of halogens is 1. The first kappa shape index (κ1) is 14.0. The van der Waals surface area contributed by atoms with Gasteiger partial charge >= 0.3 is 0 Å². The molecule has 2 rings (SSSR count). The van der Waals surface area contributed by atoms with E-state index in [1.54, 1.807) is 6.20 Å². The highest BCUT2D eigenvalue weighted by atomic mass is 79.9. The lowest BCUT2D eigenvalue weighted by Crippen LogP contribution is -2.07. The van der Waals surface area contributed by atoms with Gasteiger partial charge in [0.1, 0.15) is 5.75 Å². The van der Waals surface area contributed by atoms with Gasteiger partial charge in [-0.15, -0.1) is 0 Å². The number of nitrogens with two attached hydrogens (primary N) is 1. The molecule has 1 heterocycles. The summed E-state index contributed by atoms with van der Waals surface area (Å²) in [5.41, 5.74) is 7.94. The third kappa shape index (κ3) is 4.33. The summed E-state index contributed by atoms with van der Waals surface area (Å²) in [7, 11) is 0. The lowest BCUT2D eigenvalue weighted by atomic mass is 10.1. The second-order valence-electron chi connectivity index (χ2n) is 4.25. The van der Waals surface area contributed by atoms with Crippen LogP contribution in [0.2, 0.25) is 0 Å². The monoisotopic (exact) mass is 320 g/mol. The Morgan fingerprint density at radius 1 is 1.21 bits per heavy atom. The first-order chi connectivity index (χ1) is 9.29. The molecule has 100 valence electrons. The van der Waals surface area contributed by atoms with E-state index >= 15 is 0 Å². The number of pyridine rings is 1. The molecule has 0 aliphatic heterocycles. The number of hydrogen-bond donors (Lipinski definition) is 1. The quantitative estimate of drug-likeness (QED) is 0.890. The van der Waals surface area contributed by atoms with Crippen LogP contribution < -0.4 is 10.5 Å². The summed E-state index contributed by atoms with van der Waals surface area (Å²) < 4.78 is 6.90. The van der Waals surface area contributed by atoms with Crippen molar-refractivity contribution in [2.75, 3.05) is 13.2 Å². The highest BCUT2D eigenvalue weighted by Gasteiger charge is 2.04. The largest absolute Gasteiger partial charge is 0.493 e. The van der Waals surface area contributed by atoms with Gasteiger partial charge in [-0.1, -0.05) is 22.0 Å². The van der Waals surface area contributed by atoms with Crippen LogP contribution in [-0.4, -0.2) is 18.1 Å². The van der Waals surface area contributed by atoms with Gasteiger partial charge in [-0.25, -0.2) is 0 Å². The predicted molar refractivity (Wildman–Crippen MR) is 80.3 cm³/mol. The molecule has 0 spiro atoms. The summed E-state index contributed by atoms with van der Waals surface area (Å²) in [5, 5.41) is 0. The van der Waals surface area contributed by atoms with Gasteiger partial charge in [0.05, 0.1) is 6.61 Å². The average Bonchev–Trinajstić information content (AvgIpc) is 2.43. The fraction of sp³-hybridized carbons (Fsp3) is 0.267. The first-order valence-corrected chi connectivity index (χ1v) is 7.09. The van der Waals surface area contributed by atoms with E-state index in [2.05, 4.69) is 33.0 Å². The summed E-state index contributed by atoms with van der Waals surface area (Å²) in [6.07, 6.45) is 5.32. The Kier molecular flexibility index (Phi) is 5.36. The molecule has 0 bridgehead atoms. The Labute approximate surface area is 121 Å². The van der Waals surface area contributed by atoms with Crippen molar-refractivity contribution in [3.05, 3.63) is 58.3 Å². The third-order valence-corrected chi connectivity index (χ3v) is 3.30. The Bertz CT molecular complexity index is 517. The predicted octanol–water partition coefficient (Wildman–Crippen LogP) is 2.97. The molecular weight excluding hydrogens is 304 g/mol. The van der Waals surface area contributed by atoms with Crippen molar-refractivity contribution in [2.24, 2.45) is 5.73 Å². The SMILES string of the molecule is NCCc1cc(Br)ccc1OCCc1cccnc1. The molecule has 1 aromatic heterocycles. The van der Waals surface area contributed by atoms with Crippen LogP contribution in [0.1, 0.15) is 11.1 Å². The lowest BCUT2D eigenvalue weighted by Gasteiger charge is -2.11. The molecule has 19 heavy (non-hydrogen) atoms. The maximum absolute atomic E-state index is 5.84. The minimum absolute atomic E-state index is 0.620. The summed E-state index contributed by atoms with van der Waals surface area (Å²) in [5.74, 6) is 0.914. The zero-order valence-corrected chi connectivity index (χ0v) is 12.3. The summed E-state index contributed by atoms with van der Waals surface area (Å²) >= 11 is 3.47. The van der Waals surface area contributed by atoms with Gasteiger partial charge in [0.25, 0.3) is 0 Å². The molecule has 0 atom stereocenters. The second kappa shape index (κ2) is 7.26. The number of benzene rings is 1. The molecule has 0 aliphatic rings. The smallest absolute Gasteiger partial charge is 0.122 e. The van der Waals surface area contributed by atoms with Crippen LogP contribution in [0.15, 0.2) is 47.2 Å². The Balaban J connectivity index is 1.95. The fourth-order valence-electron chi connectivity index (χ4n) is 1.86. The van der Waals surface area contributed by atoms with Gasteiger partial charge in [-0.2, -0.15) is 0 Å². The minimum Gasteiger partial charge on any atom is -0.493 e. The molecule has 0 aliphatic carbocycles. The third-order valence-electron chi connectivity index (χ3n) is 2.81. The number of nitrogens with zero attached hydrogens (tertiary/aromatic N) is 1. The summed E-state index contributed by atoms with van der Waals surface area (Å²) in [6, 6.07) is 10.0. The van der Waals surface area contributed by atoms with Crippen LogP contribution in [0.4, 0.5) is 0 Å². The highest BCUT2D eigenvalue weighted by molar-refractivity contribution is 9.10. The average molecular weight is 321 g/mol. The first-order valence-electron chi connectivity index (χ1n) is 6.30. The Morgan fingerprint density at radius 3 is 2.84 bits per heavy atom. The molecule has 0 fully saturated rings. The van der Waals surface area contributed by atoms with E-state index in [1.807, 2.05) is 24.4 Å². The van der Waals surface area contributed by atoms with E-state index in [1.165, 1.54) is 5.56 Å². The number of aromatic nitrogens is 1. The van der Waals surface area contributed by atoms with Crippen molar-refractivity contribution >= 4 is 15.9 Å². The zero-order valence-electron chi connectivity index (χ0n) is 10.7. The van der Waals surface area contributed by atoms with Crippen molar-refractivity contribution in [3.8, 4) is 5.75 Å². The molecule has 4 heteroatoms.